The molecule has 0 saturated carbocycles. The van der Waals surface area contributed by atoms with E-state index in [1.54, 1.807) is 6.07 Å². The van der Waals surface area contributed by atoms with Crippen LogP contribution in [0.1, 0.15) is 12.5 Å². The second kappa shape index (κ2) is 4.82. The molecule has 5 heteroatoms. The molecule has 1 aromatic rings. The molecular formula is C9H12Cl2N2O. The number of fused-ring (bicyclic) bond motifs is 1. The molecule has 0 aromatic carbocycles. The second-order valence-electron chi connectivity index (χ2n) is 3.19. The third-order valence-corrected chi connectivity index (χ3v) is 2.23. The minimum Gasteiger partial charge on any atom is -0.476 e. The summed E-state index contributed by atoms with van der Waals surface area (Å²) in [5.74, 6) is 0.657. The lowest BCUT2D eigenvalue weighted by Gasteiger charge is -2.07. The summed E-state index contributed by atoms with van der Waals surface area (Å²) in [6, 6.07) is 4.07. The maximum Gasteiger partial charge on any atom is 0.219 e. The summed E-state index contributed by atoms with van der Waals surface area (Å²) >= 11 is 5.75. The number of pyridine rings is 1. The molecule has 0 radical (unpaired) electrons. The van der Waals surface area contributed by atoms with Gasteiger partial charge in [0.1, 0.15) is 11.8 Å². The van der Waals surface area contributed by atoms with Crippen molar-refractivity contribution in [1.29, 1.82) is 0 Å². The average molecular weight is 235 g/mol. The smallest absolute Gasteiger partial charge is 0.219 e. The van der Waals surface area contributed by atoms with Gasteiger partial charge in [0.25, 0.3) is 0 Å². The van der Waals surface area contributed by atoms with Gasteiger partial charge in [0.05, 0.1) is 0 Å². The van der Waals surface area contributed by atoms with E-state index in [0.29, 0.717) is 23.7 Å². The zero-order valence-electron chi connectivity index (χ0n) is 7.79. The molecule has 2 heterocycles. The Morgan fingerprint density at radius 3 is 3.14 bits per heavy atom. The summed E-state index contributed by atoms with van der Waals surface area (Å²) in [4.78, 5) is 4.11. The number of hydrogen-bond donors (Lipinski definition) is 1. The molecule has 1 aliphatic rings. The Labute approximate surface area is 94.2 Å². The standard InChI is InChI=1S/C9H11ClN2O.ClH/c1-6-5-13-9-7(4-11-6)2-3-8(10)12-9;/h2-3,6,11H,4-5H2,1H3;1H. The Balaban J connectivity index is 0.000000980. The lowest BCUT2D eigenvalue weighted by molar-refractivity contribution is 0.278. The van der Waals surface area contributed by atoms with Gasteiger partial charge in [-0.3, -0.25) is 0 Å². The Morgan fingerprint density at radius 1 is 1.57 bits per heavy atom. The quantitative estimate of drug-likeness (QED) is 0.698. The first-order valence-electron chi connectivity index (χ1n) is 4.27. The van der Waals surface area contributed by atoms with Gasteiger partial charge in [-0.2, -0.15) is 0 Å². The Morgan fingerprint density at radius 2 is 2.36 bits per heavy atom. The third-order valence-electron chi connectivity index (χ3n) is 2.02. The fourth-order valence-corrected chi connectivity index (χ4v) is 1.39. The van der Waals surface area contributed by atoms with Crippen LogP contribution >= 0.6 is 24.0 Å². The molecule has 0 fully saturated rings. The van der Waals surface area contributed by atoms with Crippen LogP contribution in [0.25, 0.3) is 0 Å². The molecule has 0 aliphatic carbocycles. The highest BCUT2D eigenvalue weighted by Crippen LogP contribution is 2.20. The fourth-order valence-electron chi connectivity index (χ4n) is 1.25. The van der Waals surface area contributed by atoms with Gasteiger partial charge in [0.2, 0.25) is 5.88 Å². The summed E-state index contributed by atoms with van der Waals surface area (Å²) in [5.41, 5.74) is 1.06. The van der Waals surface area contributed by atoms with Gasteiger partial charge in [-0.25, -0.2) is 4.98 Å². The van der Waals surface area contributed by atoms with E-state index < -0.39 is 0 Å². The first kappa shape index (κ1) is 11.6. The van der Waals surface area contributed by atoms with Gasteiger partial charge in [-0.1, -0.05) is 11.6 Å². The average Bonchev–Trinajstić information content (AvgIpc) is 2.29. The van der Waals surface area contributed by atoms with E-state index in [-0.39, 0.29) is 12.4 Å². The SMILES string of the molecule is CC1COc2nc(Cl)ccc2CN1.Cl. The van der Waals surface area contributed by atoms with Crippen molar-refractivity contribution >= 4 is 24.0 Å². The minimum atomic E-state index is 0. The Kier molecular flexibility index (Phi) is 3.98. The molecular weight excluding hydrogens is 223 g/mol. The molecule has 1 unspecified atom stereocenters. The Bertz CT molecular complexity index is 320. The van der Waals surface area contributed by atoms with Crippen molar-refractivity contribution in [3.63, 3.8) is 0 Å². The molecule has 0 bridgehead atoms. The lowest BCUT2D eigenvalue weighted by atomic mass is 10.2. The van der Waals surface area contributed by atoms with Gasteiger partial charge in [0.15, 0.2) is 0 Å². The largest absolute Gasteiger partial charge is 0.476 e. The summed E-state index contributed by atoms with van der Waals surface area (Å²) < 4.78 is 5.48. The van der Waals surface area contributed by atoms with Crippen LogP contribution in [0.15, 0.2) is 12.1 Å². The molecule has 3 nitrogen and oxygen atoms in total. The predicted molar refractivity (Wildman–Crippen MR) is 58.3 cm³/mol. The van der Waals surface area contributed by atoms with Crippen LogP contribution in [0.5, 0.6) is 5.88 Å². The molecule has 1 N–H and O–H groups in total. The van der Waals surface area contributed by atoms with E-state index in [4.69, 9.17) is 16.3 Å². The summed E-state index contributed by atoms with van der Waals surface area (Å²) in [5, 5.41) is 3.79. The van der Waals surface area contributed by atoms with Gasteiger partial charge < -0.3 is 10.1 Å². The number of nitrogens with one attached hydrogen (secondary N) is 1. The van der Waals surface area contributed by atoms with Crippen LogP contribution in [0.2, 0.25) is 5.15 Å². The highest BCUT2D eigenvalue weighted by atomic mass is 35.5. The third kappa shape index (κ3) is 2.50. The van der Waals surface area contributed by atoms with Crippen molar-refractivity contribution in [2.45, 2.75) is 19.5 Å². The molecule has 1 aliphatic heterocycles. The van der Waals surface area contributed by atoms with Crippen LogP contribution in [0, 0.1) is 0 Å². The van der Waals surface area contributed by atoms with Gasteiger partial charge >= 0.3 is 0 Å². The number of nitrogens with zero attached hydrogens (tertiary/aromatic N) is 1. The minimum absolute atomic E-state index is 0. The van der Waals surface area contributed by atoms with Crippen molar-refractivity contribution in [1.82, 2.24) is 10.3 Å². The van der Waals surface area contributed by atoms with Crippen molar-refractivity contribution < 1.29 is 4.74 Å². The first-order valence-corrected chi connectivity index (χ1v) is 4.65. The molecule has 0 spiro atoms. The normalized spacial score (nSPS) is 20.0. The topological polar surface area (TPSA) is 34.1 Å². The maximum atomic E-state index is 5.75. The van der Waals surface area contributed by atoms with Crippen molar-refractivity contribution in [2.75, 3.05) is 6.61 Å². The van der Waals surface area contributed by atoms with E-state index in [9.17, 15) is 0 Å². The highest BCUT2D eigenvalue weighted by molar-refractivity contribution is 6.29. The van der Waals surface area contributed by atoms with Crippen molar-refractivity contribution in [3.05, 3.63) is 22.8 Å². The van der Waals surface area contributed by atoms with E-state index in [1.165, 1.54) is 0 Å². The van der Waals surface area contributed by atoms with Gasteiger partial charge in [0, 0.05) is 18.2 Å². The molecule has 0 saturated heterocycles. The molecule has 1 atom stereocenters. The molecule has 14 heavy (non-hydrogen) atoms. The highest BCUT2D eigenvalue weighted by Gasteiger charge is 2.13. The number of halogens is 2. The monoisotopic (exact) mass is 234 g/mol. The molecule has 2 rings (SSSR count). The first-order chi connectivity index (χ1) is 6.25. The fraction of sp³-hybridized carbons (Fsp3) is 0.444. The van der Waals surface area contributed by atoms with Crippen LogP contribution in [0.3, 0.4) is 0 Å². The van der Waals surface area contributed by atoms with Gasteiger partial charge in [-0.05, 0) is 19.1 Å². The van der Waals surface area contributed by atoms with E-state index in [1.807, 2.05) is 6.07 Å². The van der Waals surface area contributed by atoms with E-state index in [2.05, 4.69) is 17.2 Å². The maximum absolute atomic E-state index is 5.75. The van der Waals surface area contributed by atoms with Crippen molar-refractivity contribution in [3.8, 4) is 5.88 Å². The number of rotatable bonds is 0. The number of aromatic nitrogens is 1. The Hall–Kier alpha value is -0.510. The summed E-state index contributed by atoms with van der Waals surface area (Å²) in [6.45, 7) is 3.51. The summed E-state index contributed by atoms with van der Waals surface area (Å²) in [6.07, 6.45) is 0. The van der Waals surface area contributed by atoms with E-state index >= 15 is 0 Å². The number of ether oxygens (including phenoxy) is 1. The molecule has 0 amide bonds. The molecule has 78 valence electrons. The van der Waals surface area contributed by atoms with Crippen LogP contribution in [-0.2, 0) is 6.54 Å². The number of hydrogen-bond acceptors (Lipinski definition) is 3. The second-order valence-corrected chi connectivity index (χ2v) is 3.58. The predicted octanol–water partition coefficient (Wildman–Crippen LogP) is 2.03. The van der Waals surface area contributed by atoms with Crippen molar-refractivity contribution in [2.24, 2.45) is 0 Å². The van der Waals surface area contributed by atoms with Crippen LogP contribution in [-0.4, -0.2) is 17.6 Å². The van der Waals surface area contributed by atoms with Crippen LogP contribution < -0.4 is 10.1 Å². The van der Waals surface area contributed by atoms with Crippen LogP contribution in [0.4, 0.5) is 0 Å². The van der Waals surface area contributed by atoms with E-state index in [0.717, 1.165) is 12.1 Å². The molecule has 1 aromatic heterocycles. The van der Waals surface area contributed by atoms with Gasteiger partial charge in [-0.15, -0.1) is 12.4 Å². The summed E-state index contributed by atoms with van der Waals surface area (Å²) in [7, 11) is 0. The zero-order chi connectivity index (χ0) is 9.26. The lowest BCUT2D eigenvalue weighted by Crippen LogP contribution is -2.28. The zero-order valence-corrected chi connectivity index (χ0v) is 9.36.